The smallest absolute Gasteiger partial charge is 0.240 e. The zero-order chi connectivity index (χ0) is 13.8. The van der Waals surface area contributed by atoms with Gasteiger partial charge in [-0.1, -0.05) is 17.7 Å². The molecule has 2 N–H and O–H groups in total. The number of hydrogen-bond acceptors (Lipinski definition) is 3. The Kier molecular flexibility index (Phi) is 6.65. The minimum atomic E-state index is -2.38. The highest BCUT2D eigenvalue weighted by Gasteiger charge is 2.27. The highest BCUT2D eigenvalue weighted by Crippen LogP contribution is 2.33. The number of nitrogens with one attached hydrogen (secondary N) is 1. The van der Waals surface area contributed by atoms with E-state index >= 15 is 0 Å². The van der Waals surface area contributed by atoms with Crippen LogP contribution in [0, 0.1) is 6.92 Å². The predicted octanol–water partition coefficient (Wildman–Crippen LogP) is 2.72. The maximum Gasteiger partial charge on any atom is 0.240 e. The van der Waals surface area contributed by atoms with Gasteiger partial charge < -0.3 is 10.4 Å². The number of phenols is 1. The Hall–Kier alpha value is -0.910. The molecule has 1 saturated heterocycles. The Balaban J connectivity index is 0.00000200. The second-order valence-corrected chi connectivity index (χ2v) is 4.99. The van der Waals surface area contributed by atoms with Crippen molar-refractivity contribution in [3.05, 3.63) is 29.3 Å². The van der Waals surface area contributed by atoms with Gasteiger partial charge in [0.1, 0.15) is 5.75 Å². The van der Waals surface area contributed by atoms with Gasteiger partial charge in [-0.25, -0.2) is 8.78 Å². The fourth-order valence-corrected chi connectivity index (χ4v) is 2.58. The minimum absolute atomic E-state index is 0. The summed E-state index contributed by atoms with van der Waals surface area (Å²) in [5, 5.41) is 13.2. The van der Waals surface area contributed by atoms with Crippen LogP contribution < -0.4 is 5.32 Å². The molecule has 0 spiro atoms. The molecule has 1 fully saturated rings. The third-order valence-corrected chi connectivity index (χ3v) is 3.54. The van der Waals surface area contributed by atoms with E-state index in [9.17, 15) is 13.9 Å². The lowest BCUT2D eigenvalue weighted by atomic mass is 9.98. The van der Waals surface area contributed by atoms with Gasteiger partial charge >= 0.3 is 0 Å². The second kappa shape index (κ2) is 7.76. The summed E-state index contributed by atoms with van der Waals surface area (Å²) < 4.78 is 25.7. The Labute approximate surface area is 124 Å². The molecule has 0 aromatic heterocycles. The van der Waals surface area contributed by atoms with Crippen molar-refractivity contribution in [2.24, 2.45) is 0 Å². The summed E-state index contributed by atoms with van der Waals surface area (Å²) in [7, 11) is 0. The zero-order valence-electron chi connectivity index (χ0n) is 11.5. The summed E-state index contributed by atoms with van der Waals surface area (Å²) in [6, 6.07) is 4.77. The van der Waals surface area contributed by atoms with E-state index in [0.29, 0.717) is 5.56 Å². The standard InChI is InChI=1S/C14H20F2N2O.ClH/c1-10-2-3-13(19)11(8-10)12(9-14(15)16)18-6-4-17-5-7-18;/h2-3,8,12,14,17,19H,4-7,9H2,1H3;1H/t12-;/m0./s1. The molecule has 20 heavy (non-hydrogen) atoms. The summed E-state index contributed by atoms with van der Waals surface area (Å²) in [4.78, 5) is 2.02. The van der Waals surface area contributed by atoms with Gasteiger partial charge in [0.2, 0.25) is 6.43 Å². The topological polar surface area (TPSA) is 35.5 Å². The molecule has 1 aliphatic heterocycles. The Morgan fingerprint density at radius 3 is 2.55 bits per heavy atom. The van der Waals surface area contributed by atoms with Gasteiger partial charge in [-0.15, -0.1) is 12.4 Å². The average Bonchev–Trinajstić information content (AvgIpc) is 2.40. The number of hydrogen-bond donors (Lipinski definition) is 2. The summed E-state index contributed by atoms with van der Waals surface area (Å²) in [5.41, 5.74) is 1.59. The maximum atomic E-state index is 12.8. The summed E-state index contributed by atoms with van der Waals surface area (Å²) in [6.07, 6.45) is -2.61. The van der Waals surface area contributed by atoms with E-state index in [0.717, 1.165) is 31.7 Å². The van der Waals surface area contributed by atoms with Crippen molar-refractivity contribution in [2.75, 3.05) is 26.2 Å². The van der Waals surface area contributed by atoms with E-state index in [1.165, 1.54) is 0 Å². The van der Waals surface area contributed by atoms with Crippen LogP contribution in [0.4, 0.5) is 8.78 Å². The molecule has 0 radical (unpaired) electrons. The molecule has 0 bridgehead atoms. The third-order valence-electron chi connectivity index (χ3n) is 3.54. The van der Waals surface area contributed by atoms with E-state index in [1.807, 2.05) is 17.9 Å². The van der Waals surface area contributed by atoms with Gasteiger partial charge in [0.25, 0.3) is 0 Å². The number of rotatable bonds is 4. The van der Waals surface area contributed by atoms with Gasteiger partial charge in [0.15, 0.2) is 0 Å². The molecule has 0 amide bonds. The normalized spacial score (nSPS) is 17.8. The molecule has 1 aromatic carbocycles. The monoisotopic (exact) mass is 306 g/mol. The number of piperazine rings is 1. The summed E-state index contributed by atoms with van der Waals surface area (Å²) >= 11 is 0. The zero-order valence-corrected chi connectivity index (χ0v) is 12.3. The van der Waals surface area contributed by atoms with E-state index in [4.69, 9.17) is 0 Å². The number of benzene rings is 1. The van der Waals surface area contributed by atoms with Crippen molar-refractivity contribution in [3.8, 4) is 5.75 Å². The lowest BCUT2D eigenvalue weighted by molar-refractivity contribution is 0.0729. The Bertz CT molecular complexity index is 426. The first kappa shape index (κ1) is 17.1. The van der Waals surface area contributed by atoms with Crippen molar-refractivity contribution in [2.45, 2.75) is 25.8 Å². The fraction of sp³-hybridized carbons (Fsp3) is 0.571. The van der Waals surface area contributed by atoms with Gasteiger partial charge in [-0.2, -0.15) is 0 Å². The van der Waals surface area contributed by atoms with Gasteiger partial charge in [-0.05, 0) is 13.0 Å². The third kappa shape index (κ3) is 4.30. The number of aryl methyl sites for hydroxylation is 1. The molecule has 2 rings (SSSR count). The first-order chi connectivity index (χ1) is 9.08. The van der Waals surface area contributed by atoms with Crippen LogP contribution >= 0.6 is 12.4 Å². The number of alkyl halides is 2. The molecule has 1 aromatic rings. The highest BCUT2D eigenvalue weighted by molar-refractivity contribution is 5.85. The van der Waals surface area contributed by atoms with Crippen LogP contribution in [0.15, 0.2) is 18.2 Å². The maximum absolute atomic E-state index is 12.8. The Morgan fingerprint density at radius 1 is 1.30 bits per heavy atom. The Morgan fingerprint density at radius 2 is 1.95 bits per heavy atom. The summed E-state index contributed by atoms with van der Waals surface area (Å²) in [5.74, 6) is 0.106. The van der Waals surface area contributed by atoms with E-state index in [-0.39, 0.29) is 24.6 Å². The first-order valence-electron chi connectivity index (χ1n) is 6.60. The van der Waals surface area contributed by atoms with E-state index in [2.05, 4.69) is 5.32 Å². The summed E-state index contributed by atoms with van der Waals surface area (Å²) in [6.45, 7) is 4.95. The molecular formula is C14H21ClF2N2O. The molecule has 0 saturated carbocycles. The SMILES string of the molecule is Cc1ccc(O)c([C@H](CC(F)F)N2CCNCC2)c1.Cl. The van der Waals surface area contributed by atoms with Crippen LogP contribution in [0.25, 0.3) is 0 Å². The number of phenolic OH excluding ortho intramolecular Hbond substituents is 1. The lowest BCUT2D eigenvalue weighted by Crippen LogP contribution is -2.45. The fourth-order valence-electron chi connectivity index (χ4n) is 2.58. The van der Waals surface area contributed by atoms with Crippen LogP contribution in [0.5, 0.6) is 5.75 Å². The van der Waals surface area contributed by atoms with Crippen LogP contribution in [-0.4, -0.2) is 42.6 Å². The molecule has 1 atom stereocenters. The van der Waals surface area contributed by atoms with Crippen LogP contribution in [0.1, 0.15) is 23.6 Å². The first-order valence-corrected chi connectivity index (χ1v) is 6.60. The highest BCUT2D eigenvalue weighted by atomic mass is 35.5. The molecule has 114 valence electrons. The second-order valence-electron chi connectivity index (χ2n) is 4.99. The van der Waals surface area contributed by atoms with E-state index in [1.54, 1.807) is 12.1 Å². The largest absolute Gasteiger partial charge is 0.508 e. The van der Waals surface area contributed by atoms with Crippen LogP contribution in [0.3, 0.4) is 0 Å². The lowest BCUT2D eigenvalue weighted by Gasteiger charge is -2.35. The van der Waals surface area contributed by atoms with Crippen LogP contribution in [-0.2, 0) is 0 Å². The van der Waals surface area contributed by atoms with Crippen molar-refractivity contribution >= 4 is 12.4 Å². The van der Waals surface area contributed by atoms with Crippen molar-refractivity contribution in [3.63, 3.8) is 0 Å². The van der Waals surface area contributed by atoms with Crippen molar-refractivity contribution in [1.82, 2.24) is 10.2 Å². The minimum Gasteiger partial charge on any atom is -0.508 e. The molecule has 0 unspecified atom stereocenters. The number of aromatic hydroxyl groups is 1. The molecule has 6 heteroatoms. The van der Waals surface area contributed by atoms with Crippen molar-refractivity contribution in [1.29, 1.82) is 0 Å². The van der Waals surface area contributed by atoms with Crippen molar-refractivity contribution < 1.29 is 13.9 Å². The molecule has 3 nitrogen and oxygen atoms in total. The average molecular weight is 307 g/mol. The van der Waals surface area contributed by atoms with E-state index < -0.39 is 12.5 Å². The van der Waals surface area contributed by atoms with Crippen LogP contribution in [0.2, 0.25) is 0 Å². The molecule has 1 aliphatic rings. The quantitative estimate of drug-likeness (QED) is 0.898. The molecule has 0 aliphatic carbocycles. The van der Waals surface area contributed by atoms with Gasteiger partial charge in [0.05, 0.1) is 0 Å². The molecule has 1 heterocycles. The van der Waals surface area contributed by atoms with Gasteiger partial charge in [-0.3, -0.25) is 4.90 Å². The van der Waals surface area contributed by atoms with Gasteiger partial charge in [0, 0.05) is 44.2 Å². The molecular weight excluding hydrogens is 286 g/mol. The number of nitrogens with zero attached hydrogens (tertiary/aromatic N) is 1. The number of halogens is 3. The predicted molar refractivity (Wildman–Crippen MR) is 77.9 cm³/mol.